The number of aliphatic carboxylic acids is 1. The lowest BCUT2D eigenvalue weighted by Crippen LogP contribution is -2.48. The molecule has 1 heterocycles. The van der Waals surface area contributed by atoms with Crippen LogP contribution in [0.2, 0.25) is 0 Å². The largest absolute Gasteiger partial charge is 0.481 e. The molecular weight excluding hydrogens is 400 g/mol. The molecule has 0 unspecified atom stereocenters. The highest BCUT2D eigenvalue weighted by molar-refractivity contribution is 5.88. The van der Waals surface area contributed by atoms with E-state index in [0.717, 1.165) is 38.8 Å². The van der Waals surface area contributed by atoms with Gasteiger partial charge in [0.15, 0.2) is 0 Å². The number of nitrogens with zero attached hydrogens (tertiary/aromatic N) is 3. The number of piperidine rings is 1. The molecule has 0 aliphatic carbocycles. The summed E-state index contributed by atoms with van der Waals surface area (Å²) < 4.78 is 0. The van der Waals surface area contributed by atoms with Crippen LogP contribution in [-0.2, 0) is 14.4 Å². The Morgan fingerprint density at radius 3 is 2.72 bits per heavy atom. The fourth-order valence-electron chi connectivity index (χ4n) is 3.23. The molecule has 1 rings (SSSR count). The molecule has 2 atom stereocenters. The predicted molar refractivity (Wildman–Crippen MR) is 114 cm³/mol. The molecule has 1 aliphatic heterocycles. The number of nitrogens with two attached hydrogens (primary N) is 2. The lowest BCUT2D eigenvalue weighted by atomic mass is 9.98. The van der Waals surface area contributed by atoms with Crippen LogP contribution in [0.1, 0.15) is 45.4 Å². The molecule has 0 bridgehead atoms. The summed E-state index contributed by atoms with van der Waals surface area (Å²) in [6, 6.07) is -0.974. The van der Waals surface area contributed by atoms with Crippen molar-refractivity contribution in [2.24, 2.45) is 22.6 Å². The molecule has 0 aromatic rings. The zero-order chi connectivity index (χ0) is 20.9. The van der Waals surface area contributed by atoms with Crippen LogP contribution in [0.15, 0.2) is 5.10 Å². The van der Waals surface area contributed by atoms with Gasteiger partial charge in [0, 0.05) is 32.7 Å². The van der Waals surface area contributed by atoms with Crippen LogP contribution in [0, 0.1) is 5.92 Å². The van der Waals surface area contributed by atoms with Gasteiger partial charge in [0.25, 0.3) is 0 Å². The smallest absolute Gasteiger partial charge is 0.305 e. The summed E-state index contributed by atoms with van der Waals surface area (Å²) in [6.07, 6.45) is 4.98. The SMILES string of the molecule is CCCCN(CCC(=O)O)C(=O)[C@@H](N)CC(=O)NC[C@@H]1CCCN(C=NN)C1.Cl. The highest BCUT2D eigenvalue weighted by Crippen LogP contribution is 2.14. The summed E-state index contributed by atoms with van der Waals surface area (Å²) in [5.41, 5.74) is 5.93. The second-order valence-corrected chi connectivity index (χ2v) is 7.21. The fourth-order valence-corrected chi connectivity index (χ4v) is 3.23. The molecule has 0 aromatic carbocycles. The van der Waals surface area contributed by atoms with Crippen LogP contribution in [0.25, 0.3) is 0 Å². The molecule has 0 spiro atoms. The van der Waals surface area contributed by atoms with Crippen molar-refractivity contribution in [1.82, 2.24) is 15.1 Å². The molecule has 1 aliphatic rings. The molecule has 0 aromatic heterocycles. The fraction of sp³-hybridized carbons (Fsp3) is 0.778. The number of halogens is 1. The van der Waals surface area contributed by atoms with E-state index in [1.807, 2.05) is 11.8 Å². The minimum Gasteiger partial charge on any atom is -0.481 e. The van der Waals surface area contributed by atoms with Crippen LogP contribution in [0.4, 0.5) is 0 Å². The van der Waals surface area contributed by atoms with E-state index in [9.17, 15) is 14.4 Å². The first-order valence-corrected chi connectivity index (χ1v) is 9.87. The Bertz CT molecular complexity index is 548. The van der Waals surface area contributed by atoms with Gasteiger partial charge in [0.2, 0.25) is 11.8 Å². The zero-order valence-corrected chi connectivity index (χ0v) is 17.9. The number of carbonyl (C=O) groups is 3. The van der Waals surface area contributed by atoms with Gasteiger partial charge < -0.3 is 31.8 Å². The van der Waals surface area contributed by atoms with Crippen molar-refractivity contribution in [2.45, 2.75) is 51.5 Å². The quantitative estimate of drug-likeness (QED) is 0.145. The van der Waals surface area contributed by atoms with Gasteiger partial charge in [-0.25, -0.2) is 0 Å². The van der Waals surface area contributed by atoms with E-state index in [0.29, 0.717) is 19.0 Å². The van der Waals surface area contributed by atoms with Crippen LogP contribution >= 0.6 is 12.4 Å². The van der Waals surface area contributed by atoms with Gasteiger partial charge in [-0.2, -0.15) is 5.10 Å². The number of amides is 2. The van der Waals surface area contributed by atoms with Gasteiger partial charge in [-0.05, 0) is 25.2 Å². The van der Waals surface area contributed by atoms with E-state index >= 15 is 0 Å². The van der Waals surface area contributed by atoms with E-state index in [1.165, 1.54) is 4.90 Å². The average Bonchev–Trinajstić information content (AvgIpc) is 2.66. The van der Waals surface area contributed by atoms with Gasteiger partial charge in [-0.1, -0.05) is 13.3 Å². The Morgan fingerprint density at radius 2 is 2.10 bits per heavy atom. The standard InChI is InChI=1S/C18H34N6O4.ClH/c1-2-3-8-24(9-6-17(26)27)18(28)15(19)10-16(25)21-11-14-5-4-7-23(12-14)13-22-20;/h13-15H,2-12,19-20H2,1H3,(H,21,25)(H,26,27);1H/t14-,15-;/m0./s1. The number of carbonyl (C=O) groups excluding carboxylic acids is 2. The maximum absolute atomic E-state index is 12.5. The topological polar surface area (TPSA) is 154 Å². The summed E-state index contributed by atoms with van der Waals surface area (Å²) in [4.78, 5) is 39.0. The lowest BCUT2D eigenvalue weighted by Gasteiger charge is -2.31. The molecule has 6 N–H and O–H groups in total. The Labute approximate surface area is 178 Å². The van der Waals surface area contributed by atoms with E-state index in [-0.39, 0.29) is 43.6 Å². The molecule has 1 saturated heterocycles. The molecule has 0 radical (unpaired) electrons. The summed E-state index contributed by atoms with van der Waals surface area (Å²) >= 11 is 0. The van der Waals surface area contributed by atoms with Crippen molar-refractivity contribution in [2.75, 3.05) is 32.7 Å². The number of unbranched alkanes of at least 4 members (excludes halogenated alkanes) is 1. The summed E-state index contributed by atoms with van der Waals surface area (Å²) in [7, 11) is 0. The number of likely N-dealkylation sites (tertiary alicyclic amines) is 1. The van der Waals surface area contributed by atoms with Gasteiger partial charge in [0.05, 0.1) is 18.9 Å². The number of rotatable bonds is 12. The first-order chi connectivity index (χ1) is 13.4. The monoisotopic (exact) mass is 434 g/mol. The van der Waals surface area contributed by atoms with Gasteiger partial charge in [-0.3, -0.25) is 14.4 Å². The highest BCUT2D eigenvalue weighted by atomic mass is 35.5. The average molecular weight is 435 g/mol. The number of nitrogens with one attached hydrogen (secondary N) is 1. The van der Waals surface area contributed by atoms with Crippen molar-refractivity contribution in [3.05, 3.63) is 0 Å². The Morgan fingerprint density at radius 1 is 1.38 bits per heavy atom. The summed E-state index contributed by atoms with van der Waals surface area (Å²) in [5.74, 6) is 3.84. The minimum absolute atomic E-state index is 0. The molecular formula is C18H35ClN6O4. The van der Waals surface area contributed by atoms with Crippen LogP contribution < -0.4 is 16.9 Å². The van der Waals surface area contributed by atoms with Crippen molar-refractivity contribution in [3.63, 3.8) is 0 Å². The van der Waals surface area contributed by atoms with Crippen molar-refractivity contribution < 1.29 is 19.5 Å². The molecule has 10 nitrogen and oxygen atoms in total. The second-order valence-electron chi connectivity index (χ2n) is 7.21. The molecule has 0 saturated carbocycles. The van der Waals surface area contributed by atoms with Gasteiger partial charge in [0.1, 0.15) is 6.34 Å². The molecule has 2 amide bonds. The van der Waals surface area contributed by atoms with Gasteiger partial charge >= 0.3 is 5.97 Å². The van der Waals surface area contributed by atoms with E-state index < -0.39 is 12.0 Å². The predicted octanol–water partition coefficient (Wildman–Crippen LogP) is -0.0408. The molecule has 11 heteroatoms. The van der Waals surface area contributed by atoms with E-state index in [2.05, 4.69) is 10.4 Å². The number of carboxylic acids is 1. The Kier molecular flexibility index (Phi) is 13.8. The third kappa shape index (κ3) is 10.9. The highest BCUT2D eigenvalue weighted by Gasteiger charge is 2.24. The normalized spacial score (nSPS) is 17.4. The summed E-state index contributed by atoms with van der Waals surface area (Å²) in [5, 5.41) is 15.2. The van der Waals surface area contributed by atoms with Crippen molar-refractivity contribution >= 4 is 36.5 Å². The lowest BCUT2D eigenvalue weighted by molar-refractivity contribution is -0.139. The van der Waals surface area contributed by atoms with Crippen molar-refractivity contribution in [3.8, 4) is 0 Å². The van der Waals surface area contributed by atoms with Crippen LogP contribution in [-0.4, -0.2) is 77.8 Å². The maximum Gasteiger partial charge on any atom is 0.305 e. The number of hydrogen-bond acceptors (Lipinski definition) is 6. The third-order valence-electron chi connectivity index (χ3n) is 4.78. The number of hydrogen-bond donors (Lipinski definition) is 4. The zero-order valence-electron chi connectivity index (χ0n) is 17.1. The van der Waals surface area contributed by atoms with E-state index in [1.54, 1.807) is 6.34 Å². The van der Waals surface area contributed by atoms with Crippen LogP contribution in [0.5, 0.6) is 0 Å². The number of hydrazone groups is 1. The first-order valence-electron chi connectivity index (χ1n) is 9.87. The molecule has 29 heavy (non-hydrogen) atoms. The van der Waals surface area contributed by atoms with Crippen molar-refractivity contribution in [1.29, 1.82) is 0 Å². The molecule has 168 valence electrons. The first kappa shape index (κ1) is 26.9. The molecule has 1 fully saturated rings. The number of carboxylic acid groups (broad SMARTS) is 1. The summed E-state index contributed by atoms with van der Waals surface area (Å²) in [6.45, 7) is 4.70. The minimum atomic E-state index is -0.974. The van der Waals surface area contributed by atoms with E-state index in [4.69, 9.17) is 16.7 Å². The Hall–Kier alpha value is -2.07. The van der Waals surface area contributed by atoms with Crippen LogP contribution in [0.3, 0.4) is 0 Å². The maximum atomic E-state index is 12.5. The third-order valence-corrected chi connectivity index (χ3v) is 4.78. The second kappa shape index (κ2) is 14.9. The Balaban J connectivity index is 0.00000784. The van der Waals surface area contributed by atoms with Gasteiger partial charge in [-0.15, -0.1) is 12.4 Å².